The first kappa shape index (κ1) is 13.8. The van der Waals surface area contributed by atoms with Crippen LogP contribution < -0.4 is 0 Å². The van der Waals surface area contributed by atoms with Gasteiger partial charge in [0.05, 0.1) is 6.04 Å². The smallest absolute Gasteiger partial charge is 0.254 e. The number of hydrogen-bond donors (Lipinski definition) is 0. The molecule has 0 saturated carbocycles. The average Bonchev–Trinajstić information content (AvgIpc) is 2.55. The van der Waals surface area contributed by atoms with Gasteiger partial charge < -0.3 is 4.90 Å². The van der Waals surface area contributed by atoms with Crippen LogP contribution in [0.3, 0.4) is 0 Å². The Hall–Kier alpha value is -2.16. The first-order valence-corrected chi connectivity index (χ1v) is 7.53. The van der Waals surface area contributed by atoms with Gasteiger partial charge in [0.15, 0.2) is 0 Å². The Morgan fingerprint density at radius 1 is 1.19 bits per heavy atom. The molecule has 3 rings (SSSR count). The minimum absolute atomic E-state index is 0.127. The van der Waals surface area contributed by atoms with Crippen LogP contribution in [0.1, 0.15) is 46.8 Å². The molecule has 21 heavy (non-hydrogen) atoms. The number of pyridine rings is 1. The van der Waals surface area contributed by atoms with E-state index in [9.17, 15) is 4.79 Å². The molecule has 1 atom stereocenters. The van der Waals surface area contributed by atoms with Crippen LogP contribution in [0.15, 0.2) is 48.8 Å². The van der Waals surface area contributed by atoms with Crippen molar-refractivity contribution < 1.29 is 4.79 Å². The average molecular weight is 280 g/mol. The third kappa shape index (κ3) is 2.97. The predicted octanol–water partition coefficient (Wildman–Crippen LogP) is 3.76. The van der Waals surface area contributed by atoms with Crippen molar-refractivity contribution in [2.45, 2.75) is 32.2 Å². The number of benzene rings is 1. The van der Waals surface area contributed by atoms with Gasteiger partial charge in [-0.3, -0.25) is 9.78 Å². The Bertz CT molecular complexity index is 624. The molecule has 0 unspecified atom stereocenters. The van der Waals surface area contributed by atoms with E-state index in [1.165, 1.54) is 0 Å². The fourth-order valence-electron chi connectivity index (χ4n) is 3.03. The second-order valence-electron chi connectivity index (χ2n) is 5.67. The van der Waals surface area contributed by atoms with E-state index < -0.39 is 0 Å². The van der Waals surface area contributed by atoms with Crippen LogP contribution in [0.25, 0.3) is 0 Å². The maximum absolute atomic E-state index is 12.8. The topological polar surface area (TPSA) is 33.2 Å². The quantitative estimate of drug-likeness (QED) is 0.839. The summed E-state index contributed by atoms with van der Waals surface area (Å²) < 4.78 is 0. The lowest BCUT2D eigenvalue weighted by Crippen LogP contribution is -2.38. The number of hydrogen-bond acceptors (Lipinski definition) is 2. The first-order valence-electron chi connectivity index (χ1n) is 7.53. The SMILES string of the molecule is Cc1cncc([C@@H]2CCCCN2C(=O)c2ccccc2)c1. The molecule has 1 fully saturated rings. The molecule has 1 amide bonds. The largest absolute Gasteiger partial charge is 0.332 e. The van der Waals surface area contributed by atoms with Crippen molar-refractivity contribution in [1.29, 1.82) is 0 Å². The molecule has 2 aromatic rings. The van der Waals surface area contributed by atoms with Gasteiger partial charge in [0.25, 0.3) is 5.91 Å². The van der Waals surface area contributed by atoms with E-state index >= 15 is 0 Å². The fourth-order valence-corrected chi connectivity index (χ4v) is 3.03. The van der Waals surface area contributed by atoms with E-state index in [0.29, 0.717) is 0 Å². The molecule has 1 aromatic carbocycles. The molecule has 2 heterocycles. The van der Waals surface area contributed by atoms with Gasteiger partial charge in [-0.25, -0.2) is 0 Å². The van der Waals surface area contributed by atoms with Crippen molar-refractivity contribution in [2.75, 3.05) is 6.54 Å². The third-order valence-electron chi connectivity index (χ3n) is 4.07. The Labute approximate surface area is 125 Å². The second kappa shape index (κ2) is 6.08. The van der Waals surface area contributed by atoms with Crippen molar-refractivity contribution in [2.24, 2.45) is 0 Å². The van der Waals surface area contributed by atoms with Crippen LogP contribution in [-0.2, 0) is 0 Å². The number of rotatable bonds is 2. The van der Waals surface area contributed by atoms with Gasteiger partial charge in [-0.2, -0.15) is 0 Å². The molecule has 108 valence electrons. The monoisotopic (exact) mass is 280 g/mol. The normalized spacial score (nSPS) is 18.5. The zero-order valence-corrected chi connectivity index (χ0v) is 12.3. The Morgan fingerprint density at radius 3 is 2.76 bits per heavy atom. The minimum atomic E-state index is 0.127. The van der Waals surface area contributed by atoms with E-state index in [4.69, 9.17) is 0 Å². The molecule has 0 aliphatic carbocycles. The van der Waals surface area contributed by atoms with Gasteiger partial charge in [0, 0.05) is 24.5 Å². The van der Waals surface area contributed by atoms with Crippen LogP contribution in [0.4, 0.5) is 0 Å². The number of amides is 1. The fraction of sp³-hybridized carbons (Fsp3) is 0.333. The standard InChI is InChI=1S/C18H20N2O/c1-14-11-16(13-19-12-14)17-9-5-6-10-20(17)18(21)15-7-3-2-4-8-15/h2-4,7-8,11-13,17H,5-6,9-10H2,1H3/t17-/m0/s1. The maximum atomic E-state index is 12.8. The van der Waals surface area contributed by atoms with E-state index in [1.807, 2.05) is 54.5 Å². The zero-order chi connectivity index (χ0) is 14.7. The summed E-state index contributed by atoms with van der Waals surface area (Å²) >= 11 is 0. The van der Waals surface area contributed by atoms with Gasteiger partial charge in [0.2, 0.25) is 0 Å². The molecule has 3 heteroatoms. The van der Waals surface area contributed by atoms with Crippen molar-refractivity contribution in [3.05, 3.63) is 65.5 Å². The van der Waals surface area contributed by atoms with Gasteiger partial charge >= 0.3 is 0 Å². The molecular weight excluding hydrogens is 260 g/mol. The molecule has 0 N–H and O–H groups in total. The van der Waals surface area contributed by atoms with E-state index in [2.05, 4.69) is 11.1 Å². The van der Waals surface area contributed by atoms with Crippen LogP contribution >= 0.6 is 0 Å². The molecule has 3 nitrogen and oxygen atoms in total. The van der Waals surface area contributed by atoms with Crippen molar-refractivity contribution in [3.63, 3.8) is 0 Å². The van der Waals surface area contributed by atoms with Gasteiger partial charge in [-0.15, -0.1) is 0 Å². The summed E-state index contributed by atoms with van der Waals surface area (Å²) in [6.45, 7) is 2.87. The molecule has 1 aromatic heterocycles. The number of carbonyl (C=O) groups excluding carboxylic acids is 1. The molecule has 1 saturated heterocycles. The van der Waals surface area contributed by atoms with Gasteiger partial charge in [-0.1, -0.05) is 24.3 Å². The Balaban J connectivity index is 1.90. The second-order valence-corrected chi connectivity index (χ2v) is 5.67. The highest BCUT2D eigenvalue weighted by Crippen LogP contribution is 2.32. The summed E-state index contributed by atoms with van der Waals surface area (Å²) in [4.78, 5) is 19.1. The van der Waals surface area contributed by atoms with Crippen LogP contribution in [-0.4, -0.2) is 22.3 Å². The zero-order valence-electron chi connectivity index (χ0n) is 12.3. The molecular formula is C18H20N2O. The molecule has 0 spiro atoms. The van der Waals surface area contributed by atoms with Crippen molar-refractivity contribution in [3.8, 4) is 0 Å². The number of aryl methyl sites for hydroxylation is 1. The summed E-state index contributed by atoms with van der Waals surface area (Å²) in [5, 5.41) is 0. The lowest BCUT2D eigenvalue weighted by atomic mass is 9.95. The van der Waals surface area contributed by atoms with E-state index in [-0.39, 0.29) is 11.9 Å². The number of carbonyl (C=O) groups is 1. The Morgan fingerprint density at radius 2 is 2.00 bits per heavy atom. The lowest BCUT2D eigenvalue weighted by molar-refractivity contribution is 0.0611. The highest BCUT2D eigenvalue weighted by molar-refractivity contribution is 5.94. The molecule has 0 radical (unpaired) electrons. The molecule has 1 aliphatic rings. The number of nitrogens with zero attached hydrogens (tertiary/aromatic N) is 2. The lowest BCUT2D eigenvalue weighted by Gasteiger charge is -2.36. The van der Waals surface area contributed by atoms with Crippen LogP contribution in [0.2, 0.25) is 0 Å². The maximum Gasteiger partial charge on any atom is 0.254 e. The highest BCUT2D eigenvalue weighted by atomic mass is 16.2. The summed E-state index contributed by atoms with van der Waals surface area (Å²) in [6.07, 6.45) is 7.01. The van der Waals surface area contributed by atoms with Crippen molar-refractivity contribution >= 4 is 5.91 Å². The molecule has 1 aliphatic heterocycles. The van der Waals surface area contributed by atoms with Gasteiger partial charge in [0.1, 0.15) is 0 Å². The summed E-state index contributed by atoms with van der Waals surface area (Å²) in [5.41, 5.74) is 3.06. The molecule has 0 bridgehead atoms. The minimum Gasteiger partial charge on any atom is -0.332 e. The summed E-state index contributed by atoms with van der Waals surface area (Å²) in [6, 6.07) is 11.9. The predicted molar refractivity (Wildman–Crippen MR) is 83.0 cm³/mol. The highest BCUT2D eigenvalue weighted by Gasteiger charge is 2.28. The van der Waals surface area contributed by atoms with E-state index in [1.54, 1.807) is 0 Å². The summed E-state index contributed by atoms with van der Waals surface area (Å²) in [7, 11) is 0. The number of piperidine rings is 1. The van der Waals surface area contributed by atoms with Crippen LogP contribution in [0.5, 0.6) is 0 Å². The third-order valence-corrected chi connectivity index (χ3v) is 4.07. The van der Waals surface area contributed by atoms with E-state index in [0.717, 1.165) is 42.5 Å². The number of likely N-dealkylation sites (tertiary alicyclic amines) is 1. The van der Waals surface area contributed by atoms with Crippen LogP contribution in [0, 0.1) is 6.92 Å². The van der Waals surface area contributed by atoms with Crippen molar-refractivity contribution in [1.82, 2.24) is 9.88 Å². The summed E-state index contributed by atoms with van der Waals surface area (Å²) in [5.74, 6) is 0.127. The first-order chi connectivity index (χ1) is 10.3. The Kier molecular flexibility index (Phi) is 4.00. The number of aromatic nitrogens is 1. The van der Waals surface area contributed by atoms with Gasteiger partial charge in [-0.05, 0) is 49.4 Å².